The second kappa shape index (κ2) is 5.10. The van der Waals surface area contributed by atoms with Gasteiger partial charge >= 0.3 is 0 Å². The number of hydrogen-bond acceptors (Lipinski definition) is 6. The van der Waals surface area contributed by atoms with Crippen LogP contribution in [-0.4, -0.2) is 30.2 Å². The van der Waals surface area contributed by atoms with Gasteiger partial charge in [0.1, 0.15) is 5.76 Å². The van der Waals surface area contributed by atoms with E-state index >= 15 is 0 Å². The quantitative estimate of drug-likeness (QED) is 0.772. The van der Waals surface area contributed by atoms with Crippen molar-refractivity contribution in [3.8, 4) is 11.6 Å². The number of nitrogens with zero attached hydrogens (tertiary/aromatic N) is 4. The monoisotopic (exact) mass is 301 g/mol. The van der Waals surface area contributed by atoms with Crippen LogP contribution in [0, 0.1) is 6.92 Å². The fourth-order valence-electron chi connectivity index (χ4n) is 2.14. The third kappa shape index (κ3) is 2.67. The third-order valence-corrected chi connectivity index (χ3v) is 3.06. The van der Waals surface area contributed by atoms with Crippen LogP contribution in [0.5, 0.6) is 0 Å². The Balaban J connectivity index is 2.22. The van der Waals surface area contributed by atoms with Gasteiger partial charge in [0.25, 0.3) is 0 Å². The van der Waals surface area contributed by atoms with Gasteiger partial charge in [-0.15, -0.1) is 0 Å². The molecular formula is C15H19N5O2. The summed E-state index contributed by atoms with van der Waals surface area (Å²) < 4.78 is 7.25. The van der Waals surface area contributed by atoms with E-state index in [2.05, 4.69) is 20.4 Å². The predicted molar refractivity (Wildman–Crippen MR) is 82.5 cm³/mol. The standard InChI is InChI=1S/C15H19N5O2/c1-9-5-6-11(22-9)13-18-14(19-15(2,3)4)17-12-10(8-21)7-16-20(12)13/h5-7,21H,8H2,1-4H3,(H,17,19). The molecule has 3 heterocycles. The molecule has 7 heteroatoms. The van der Waals surface area contributed by atoms with E-state index in [1.165, 1.54) is 0 Å². The van der Waals surface area contributed by atoms with E-state index in [9.17, 15) is 5.11 Å². The summed E-state index contributed by atoms with van der Waals surface area (Å²) in [7, 11) is 0. The largest absolute Gasteiger partial charge is 0.458 e. The molecule has 0 aromatic carbocycles. The Morgan fingerprint density at radius 1 is 1.27 bits per heavy atom. The zero-order valence-corrected chi connectivity index (χ0v) is 13.1. The van der Waals surface area contributed by atoms with Gasteiger partial charge in [-0.2, -0.15) is 19.6 Å². The van der Waals surface area contributed by atoms with Crippen molar-refractivity contribution in [2.24, 2.45) is 0 Å². The van der Waals surface area contributed by atoms with Gasteiger partial charge in [-0.05, 0) is 39.8 Å². The number of anilines is 1. The van der Waals surface area contributed by atoms with Crippen molar-refractivity contribution in [3.05, 3.63) is 29.7 Å². The highest BCUT2D eigenvalue weighted by molar-refractivity contribution is 5.59. The van der Waals surface area contributed by atoms with Gasteiger partial charge in [-0.25, -0.2) is 0 Å². The van der Waals surface area contributed by atoms with Gasteiger partial charge in [-0.1, -0.05) is 0 Å². The smallest absolute Gasteiger partial charge is 0.227 e. The molecule has 0 amide bonds. The van der Waals surface area contributed by atoms with Gasteiger partial charge in [0.2, 0.25) is 11.8 Å². The molecule has 0 saturated heterocycles. The molecule has 0 radical (unpaired) electrons. The van der Waals surface area contributed by atoms with Crippen LogP contribution in [0.2, 0.25) is 0 Å². The molecule has 2 N–H and O–H groups in total. The summed E-state index contributed by atoms with van der Waals surface area (Å²) in [5, 5.41) is 17.0. The maximum Gasteiger partial charge on any atom is 0.227 e. The molecule has 0 saturated carbocycles. The number of aryl methyl sites for hydroxylation is 1. The van der Waals surface area contributed by atoms with Crippen LogP contribution >= 0.6 is 0 Å². The molecule has 3 aromatic rings. The molecular weight excluding hydrogens is 282 g/mol. The van der Waals surface area contributed by atoms with E-state index in [0.717, 1.165) is 5.76 Å². The summed E-state index contributed by atoms with van der Waals surface area (Å²) in [6, 6.07) is 3.72. The first-order valence-corrected chi connectivity index (χ1v) is 7.08. The molecule has 0 unspecified atom stereocenters. The zero-order chi connectivity index (χ0) is 15.9. The van der Waals surface area contributed by atoms with Crippen LogP contribution < -0.4 is 5.32 Å². The van der Waals surface area contributed by atoms with E-state index in [1.54, 1.807) is 10.7 Å². The van der Waals surface area contributed by atoms with Crippen LogP contribution in [0.15, 0.2) is 22.7 Å². The minimum Gasteiger partial charge on any atom is -0.458 e. The summed E-state index contributed by atoms with van der Waals surface area (Å²) >= 11 is 0. The summed E-state index contributed by atoms with van der Waals surface area (Å²) in [6.07, 6.45) is 1.59. The minimum atomic E-state index is -0.186. The maximum atomic E-state index is 9.46. The van der Waals surface area contributed by atoms with Crippen molar-refractivity contribution < 1.29 is 9.52 Å². The molecule has 0 bridgehead atoms. The molecule has 0 aliphatic heterocycles. The van der Waals surface area contributed by atoms with Crippen LogP contribution in [0.1, 0.15) is 32.1 Å². The highest BCUT2D eigenvalue weighted by atomic mass is 16.3. The summed E-state index contributed by atoms with van der Waals surface area (Å²) in [6.45, 7) is 7.83. The topological polar surface area (TPSA) is 88.5 Å². The molecule has 0 aliphatic carbocycles. The number of furan rings is 1. The number of rotatable bonds is 3. The van der Waals surface area contributed by atoms with E-state index in [4.69, 9.17) is 4.42 Å². The van der Waals surface area contributed by atoms with Crippen molar-refractivity contribution in [2.75, 3.05) is 5.32 Å². The first kappa shape index (κ1) is 14.5. The molecule has 0 aliphatic rings. The molecule has 116 valence electrons. The van der Waals surface area contributed by atoms with E-state index in [0.29, 0.717) is 28.7 Å². The van der Waals surface area contributed by atoms with Crippen molar-refractivity contribution in [1.29, 1.82) is 0 Å². The van der Waals surface area contributed by atoms with Crippen LogP contribution in [0.25, 0.3) is 17.2 Å². The summed E-state index contributed by atoms with van der Waals surface area (Å²) in [5.74, 6) is 2.42. The Bertz CT molecular complexity index is 813. The molecule has 0 fully saturated rings. The molecule has 3 aromatic heterocycles. The molecule has 7 nitrogen and oxygen atoms in total. The fourth-order valence-corrected chi connectivity index (χ4v) is 2.14. The Hall–Kier alpha value is -2.41. The molecule has 22 heavy (non-hydrogen) atoms. The highest BCUT2D eigenvalue weighted by Gasteiger charge is 2.19. The van der Waals surface area contributed by atoms with Crippen LogP contribution in [-0.2, 0) is 6.61 Å². The zero-order valence-electron chi connectivity index (χ0n) is 13.1. The third-order valence-electron chi connectivity index (χ3n) is 3.06. The van der Waals surface area contributed by atoms with Gasteiger partial charge < -0.3 is 14.8 Å². The lowest BCUT2D eigenvalue weighted by Crippen LogP contribution is -2.27. The van der Waals surface area contributed by atoms with Gasteiger partial charge in [0.15, 0.2) is 11.4 Å². The van der Waals surface area contributed by atoms with Crippen molar-refractivity contribution >= 4 is 11.6 Å². The average molecular weight is 301 g/mol. The van der Waals surface area contributed by atoms with Crippen molar-refractivity contribution in [2.45, 2.75) is 39.8 Å². The lowest BCUT2D eigenvalue weighted by atomic mass is 10.1. The van der Waals surface area contributed by atoms with E-state index in [-0.39, 0.29) is 12.1 Å². The number of fused-ring (bicyclic) bond motifs is 1. The Morgan fingerprint density at radius 3 is 2.64 bits per heavy atom. The SMILES string of the molecule is Cc1ccc(-c2nc(NC(C)(C)C)nc3c(CO)cnn23)o1. The second-order valence-electron chi connectivity index (χ2n) is 6.22. The first-order valence-electron chi connectivity index (χ1n) is 7.08. The number of aliphatic hydroxyl groups excluding tert-OH is 1. The van der Waals surface area contributed by atoms with Crippen LogP contribution in [0.3, 0.4) is 0 Å². The lowest BCUT2D eigenvalue weighted by Gasteiger charge is -2.20. The Kier molecular flexibility index (Phi) is 3.37. The van der Waals surface area contributed by atoms with E-state index in [1.807, 2.05) is 39.8 Å². The van der Waals surface area contributed by atoms with Crippen molar-refractivity contribution in [3.63, 3.8) is 0 Å². The average Bonchev–Trinajstić information content (AvgIpc) is 3.02. The number of nitrogens with one attached hydrogen (secondary N) is 1. The van der Waals surface area contributed by atoms with Crippen LogP contribution in [0.4, 0.5) is 5.95 Å². The number of aromatic nitrogens is 4. The maximum absolute atomic E-state index is 9.46. The second-order valence-corrected chi connectivity index (χ2v) is 6.22. The Labute approximate surface area is 128 Å². The fraction of sp³-hybridized carbons (Fsp3) is 0.400. The van der Waals surface area contributed by atoms with Gasteiger partial charge in [0, 0.05) is 11.1 Å². The number of hydrogen-bond donors (Lipinski definition) is 2. The van der Waals surface area contributed by atoms with Gasteiger partial charge in [-0.3, -0.25) is 0 Å². The normalized spacial score (nSPS) is 12.0. The highest BCUT2D eigenvalue weighted by Crippen LogP contribution is 2.24. The predicted octanol–water partition coefficient (Wildman–Crippen LogP) is 2.40. The first-order chi connectivity index (χ1) is 10.4. The molecule has 0 spiro atoms. The summed E-state index contributed by atoms with van der Waals surface area (Å²) in [5.41, 5.74) is 1.02. The Morgan fingerprint density at radius 2 is 2.05 bits per heavy atom. The van der Waals surface area contributed by atoms with E-state index < -0.39 is 0 Å². The van der Waals surface area contributed by atoms with Crippen molar-refractivity contribution in [1.82, 2.24) is 19.6 Å². The number of aliphatic hydroxyl groups is 1. The molecule has 0 atom stereocenters. The lowest BCUT2D eigenvalue weighted by molar-refractivity contribution is 0.283. The van der Waals surface area contributed by atoms with Gasteiger partial charge in [0.05, 0.1) is 12.8 Å². The summed E-state index contributed by atoms with van der Waals surface area (Å²) in [4.78, 5) is 8.98. The molecule has 3 rings (SSSR count). The minimum absolute atomic E-state index is 0.133.